The monoisotopic (exact) mass is 361 g/mol. The number of aryl methyl sites for hydroxylation is 1. The number of hydrogen-bond acceptors (Lipinski definition) is 4. The van der Waals surface area contributed by atoms with Gasteiger partial charge in [0.05, 0.1) is 12.7 Å². The van der Waals surface area contributed by atoms with Crippen molar-refractivity contribution in [2.75, 3.05) is 12.4 Å². The van der Waals surface area contributed by atoms with Crippen molar-refractivity contribution in [1.82, 2.24) is 19.7 Å². The number of methoxy groups -OCH3 is 1. The van der Waals surface area contributed by atoms with Gasteiger partial charge in [0, 0.05) is 30.6 Å². The Morgan fingerprint density at radius 1 is 1.19 bits per heavy atom. The highest BCUT2D eigenvalue weighted by Crippen LogP contribution is 2.21. The van der Waals surface area contributed by atoms with E-state index in [2.05, 4.69) is 20.5 Å². The fraction of sp³-hybridized carbons (Fsp3) is 0.150. The van der Waals surface area contributed by atoms with Crippen LogP contribution >= 0.6 is 0 Å². The van der Waals surface area contributed by atoms with Crippen LogP contribution in [-0.4, -0.2) is 32.8 Å². The van der Waals surface area contributed by atoms with Crippen molar-refractivity contribution < 1.29 is 9.53 Å². The van der Waals surface area contributed by atoms with E-state index in [1.807, 2.05) is 66.3 Å². The molecule has 1 amide bonds. The summed E-state index contributed by atoms with van der Waals surface area (Å²) in [5, 5.41) is 10.6. The number of rotatable bonds is 5. The molecule has 0 radical (unpaired) electrons. The van der Waals surface area contributed by atoms with Crippen LogP contribution in [0.2, 0.25) is 0 Å². The summed E-state index contributed by atoms with van der Waals surface area (Å²) in [6, 6.07) is 15.5. The lowest BCUT2D eigenvalue weighted by molar-refractivity contribution is 0.102. The molecule has 0 bridgehead atoms. The lowest BCUT2D eigenvalue weighted by atomic mass is 10.1. The quantitative estimate of drug-likeness (QED) is 0.572. The standard InChI is InChI=1S/C20H19N5O2/c1-25-12-16(15-5-3-4-6-17(15)25)19(26)22-20-21-18(23-24-20)11-13-7-9-14(27-2)10-8-13/h3-10,12H,11H2,1-2H3,(H2,21,22,23,24,26). The van der Waals surface area contributed by atoms with Crippen LogP contribution in [0.4, 0.5) is 5.95 Å². The Balaban J connectivity index is 1.49. The highest BCUT2D eigenvalue weighted by atomic mass is 16.5. The van der Waals surface area contributed by atoms with Crippen molar-refractivity contribution in [3.05, 3.63) is 71.7 Å². The number of ether oxygens (including phenoxy) is 1. The molecule has 0 unspecified atom stereocenters. The van der Waals surface area contributed by atoms with Gasteiger partial charge >= 0.3 is 0 Å². The van der Waals surface area contributed by atoms with E-state index >= 15 is 0 Å². The van der Waals surface area contributed by atoms with Crippen LogP contribution < -0.4 is 10.1 Å². The van der Waals surface area contributed by atoms with E-state index in [0.29, 0.717) is 17.8 Å². The minimum atomic E-state index is -0.234. The maximum atomic E-state index is 12.6. The lowest BCUT2D eigenvalue weighted by Crippen LogP contribution is -2.12. The van der Waals surface area contributed by atoms with Crippen LogP contribution in [-0.2, 0) is 13.5 Å². The summed E-state index contributed by atoms with van der Waals surface area (Å²) in [6.45, 7) is 0. The number of anilines is 1. The minimum Gasteiger partial charge on any atom is -0.497 e. The van der Waals surface area contributed by atoms with Crippen LogP contribution in [0.1, 0.15) is 21.7 Å². The van der Waals surface area contributed by atoms with Crippen molar-refractivity contribution in [2.24, 2.45) is 7.05 Å². The van der Waals surface area contributed by atoms with Crippen molar-refractivity contribution in [2.45, 2.75) is 6.42 Å². The van der Waals surface area contributed by atoms with Crippen molar-refractivity contribution in [1.29, 1.82) is 0 Å². The molecule has 0 aliphatic carbocycles. The molecule has 4 aromatic rings. The van der Waals surface area contributed by atoms with E-state index in [0.717, 1.165) is 22.2 Å². The van der Waals surface area contributed by atoms with E-state index in [9.17, 15) is 4.79 Å². The van der Waals surface area contributed by atoms with Crippen LogP contribution in [0.3, 0.4) is 0 Å². The number of nitrogens with one attached hydrogen (secondary N) is 2. The van der Waals surface area contributed by atoms with E-state index in [-0.39, 0.29) is 11.9 Å². The Labute approximate surface area is 156 Å². The second kappa shape index (κ2) is 6.95. The van der Waals surface area contributed by atoms with Gasteiger partial charge in [-0.05, 0) is 23.8 Å². The maximum Gasteiger partial charge on any atom is 0.260 e. The first kappa shape index (κ1) is 16.8. The van der Waals surface area contributed by atoms with Crippen LogP contribution in [0.25, 0.3) is 10.9 Å². The fourth-order valence-corrected chi connectivity index (χ4v) is 3.06. The normalized spacial score (nSPS) is 10.9. The second-order valence-electron chi connectivity index (χ2n) is 6.26. The zero-order valence-electron chi connectivity index (χ0n) is 15.1. The molecule has 0 atom stereocenters. The molecule has 0 aliphatic heterocycles. The summed E-state index contributed by atoms with van der Waals surface area (Å²) in [7, 11) is 3.55. The molecule has 2 heterocycles. The first-order chi connectivity index (χ1) is 13.1. The predicted molar refractivity (Wildman–Crippen MR) is 103 cm³/mol. The van der Waals surface area contributed by atoms with Gasteiger partial charge in [0.25, 0.3) is 5.91 Å². The molecule has 136 valence electrons. The first-order valence-electron chi connectivity index (χ1n) is 8.53. The van der Waals surface area contributed by atoms with Gasteiger partial charge in [-0.1, -0.05) is 30.3 Å². The fourth-order valence-electron chi connectivity index (χ4n) is 3.06. The molecule has 0 saturated carbocycles. The number of fused-ring (bicyclic) bond motifs is 1. The largest absolute Gasteiger partial charge is 0.497 e. The summed E-state index contributed by atoms with van der Waals surface area (Å²) in [5.41, 5.74) is 2.66. The zero-order chi connectivity index (χ0) is 18.8. The Kier molecular flexibility index (Phi) is 4.33. The number of amides is 1. The van der Waals surface area contributed by atoms with Gasteiger partial charge in [0.1, 0.15) is 11.6 Å². The van der Waals surface area contributed by atoms with Crippen molar-refractivity contribution in [3.63, 3.8) is 0 Å². The Bertz CT molecular complexity index is 1100. The van der Waals surface area contributed by atoms with Crippen LogP contribution in [0.5, 0.6) is 5.75 Å². The van der Waals surface area contributed by atoms with Gasteiger partial charge in [-0.2, -0.15) is 4.98 Å². The number of para-hydroxylation sites is 1. The molecule has 7 nitrogen and oxygen atoms in total. The Hall–Kier alpha value is -3.61. The molecule has 0 saturated heterocycles. The zero-order valence-corrected chi connectivity index (χ0v) is 15.1. The molecule has 7 heteroatoms. The first-order valence-corrected chi connectivity index (χ1v) is 8.53. The van der Waals surface area contributed by atoms with Crippen molar-refractivity contribution >= 4 is 22.8 Å². The minimum absolute atomic E-state index is 0.234. The van der Waals surface area contributed by atoms with Gasteiger partial charge < -0.3 is 9.30 Å². The number of aromatic amines is 1. The molecule has 0 fully saturated rings. The third-order valence-corrected chi connectivity index (χ3v) is 4.43. The van der Waals surface area contributed by atoms with Crippen molar-refractivity contribution in [3.8, 4) is 5.75 Å². The van der Waals surface area contributed by atoms with Gasteiger partial charge in [-0.3, -0.25) is 15.2 Å². The molecule has 0 spiro atoms. The van der Waals surface area contributed by atoms with Gasteiger partial charge in [0.15, 0.2) is 0 Å². The molecule has 4 rings (SSSR count). The third kappa shape index (κ3) is 3.39. The number of nitrogens with zero attached hydrogens (tertiary/aromatic N) is 3. The van der Waals surface area contributed by atoms with E-state index in [1.165, 1.54) is 0 Å². The number of H-pyrrole nitrogens is 1. The maximum absolute atomic E-state index is 12.6. The smallest absolute Gasteiger partial charge is 0.260 e. The molecular weight excluding hydrogens is 342 g/mol. The summed E-state index contributed by atoms with van der Waals surface area (Å²) in [6.07, 6.45) is 2.39. The van der Waals surface area contributed by atoms with E-state index < -0.39 is 0 Å². The summed E-state index contributed by atoms with van der Waals surface area (Å²) in [4.78, 5) is 17.0. The lowest BCUT2D eigenvalue weighted by Gasteiger charge is -2.01. The van der Waals surface area contributed by atoms with Gasteiger partial charge in [0.2, 0.25) is 5.95 Å². The molecule has 2 aromatic carbocycles. The second-order valence-corrected chi connectivity index (χ2v) is 6.26. The summed E-state index contributed by atoms with van der Waals surface area (Å²) in [5.74, 6) is 1.51. The topological polar surface area (TPSA) is 84.8 Å². The van der Waals surface area contributed by atoms with Gasteiger partial charge in [-0.25, -0.2) is 0 Å². The number of aromatic nitrogens is 4. The highest BCUT2D eigenvalue weighted by molar-refractivity contribution is 6.12. The molecule has 2 N–H and O–H groups in total. The summed E-state index contributed by atoms with van der Waals surface area (Å²) < 4.78 is 7.08. The summed E-state index contributed by atoms with van der Waals surface area (Å²) >= 11 is 0. The number of benzene rings is 2. The van der Waals surface area contributed by atoms with Gasteiger partial charge in [-0.15, -0.1) is 5.10 Å². The average Bonchev–Trinajstić information content (AvgIpc) is 3.27. The Morgan fingerprint density at radius 3 is 2.74 bits per heavy atom. The average molecular weight is 361 g/mol. The molecule has 27 heavy (non-hydrogen) atoms. The Morgan fingerprint density at radius 2 is 1.96 bits per heavy atom. The predicted octanol–water partition coefficient (Wildman–Crippen LogP) is 3.15. The highest BCUT2D eigenvalue weighted by Gasteiger charge is 2.15. The number of carbonyl (C=O) groups excluding carboxylic acids is 1. The van der Waals surface area contributed by atoms with Crippen LogP contribution in [0.15, 0.2) is 54.7 Å². The van der Waals surface area contributed by atoms with E-state index in [1.54, 1.807) is 7.11 Å². The SMILES string of the molecule is COc1ccc(Cc2nc(NC(=O)c3cn(C)c4ccccc34)n[nH]2)cc1. The number of hydrogen-bond donors (Lipinski definition) is 2. The number of carbonyl (C=O) groups is 1. The van der Waals surface area contributed by atoms with Crippen LogP contribution in [0, 0.1) is 0 Å². The molecule has 2 aromatic heterocycles. The molecular formula is C20H19N5O2. The van der Waals surface area contributed by atoms with E-state index in [4.69, 9.17) is 4.74 Å². The third-order valence-electron chi connectivity index (χ3n) is 4.43. The molecule has 0 aliphatic rings.